The Bertz CT molecular complexity index is 350. The number of hydrogen-bond acceptors (Lipinski definition) is 4. The van der Waals surface area contributed by atoms with Crippen LogP contribution in [0.4, 0.5) is 0 Å². The van der Waals surface area contributed by atoms with Gasteiger partial charge in [0.25, 0.3) is 0 Å². The van der Waals surface area contributed by atoms with Crippen LogP contribution in [0.1, 0.15) is 19.4 Å². The first kappa shape index (κ1) is 14.8. The summed E-state index contributed by atoms with van der Waals surface area (Å²) in [4.78, 5) is 0. The fraction of sp³-hybridized carbons (Fsp3) is 0.571. The van der Waals surface area contributed by atoms with E-state index >= 15 is 0 Å². The highest BCUT2D eigenvalue weighted by Crippen LogP contribution is 2.27. The molecule has 0 radical (unpaired) electrons. The SMILES string of the molecule is COCOc1ccc(CC(C)C)c(OCOC)c1. The van der Waals surface area contributed by atoms with Crippen LogP contribution in [-0.4, -0.2) is 27.8 Å². The van der Waals surface area contributed by atoms with Gasteiger partial charge in [-0.05, 0) is 24.0 Å². The summed E-state index contributed by atoms with van der Waals surface area (Å²) in [5.74, 6) is 2.11. The summed E-state index contributed by atoms with van der Waals surface area (Å²) in [6, 6.07) is 5.82. The summed E-state index contributed by atoms with van der Waals surface area (Å²) >= 11 is 0. The molecule has 1 aromatic rings. The van der Waals surface area contributed by atoms with Crippen LogP contribution in [0.5, 0.6) is 11.5 Å². The molecule has 102 valence electrons. The molecule has 0 saturated heterocycles. The average Bonchev–Trinajstić information content (AvgIpc) is 2.35. The van der Waals surface area contributed by atoms with E-state index in [0.717, 1.165) is 23.5 Å². The van der Waals surface area contributed by atoms with Crippen molar-refractivity contribution in [1.29, 1.82) is 0 Å². The first-order chi connectivity index (χ1) is 8.67. The number of methoxy groups -OCH3 is 2. The van der Waals surface area contributed by atoms with E-state index in [-0.39, 0.29) is 13.6 Å². The van der Waals surface area contributed by atoms with Gasteiger partial charge in [-0.1, -0.05) is 19.9 Å². The van der Waals surface area contributed by atoms with Gasteiger partial charge in [0, 0.05) is 20.3 Å². The van der Waals surface area contributed by atoms with Crippen molar-refractivity contribution in [1.82, 2.24) is 0 Å². The average molecular weight is 254 g/mol. The standard InChI is InChI=1S/C14H22O4/c1-11(2)7-12-5-6-13(17-9-15-3)8-14(12)18-10-16-4/h5-6,8,11H,7,9-10H2,1-4H3. The van der Waals surface area contributed by atoms with Crippen molar-refractivity contribution in [2.75, 3.05) is 27.8 Å². The van der Waals surface area contributed by atoms with E-state index in [9.17, 15) is 0 Å². The molecule has 0 saturated carbocycles. The monoisotopic (exact) mass is 254 g/mol. The molecule has 0 unspecified atom stereocenters. The normalized spacial score (nSPS) is 10.7. The largest absolute Gasteiger partial charge is 0.467 e. The maximum Gasteiger partial charge on any atom is 0.188 e. The van der Waals surface area contributed by atoms with Crippen molar-refractivity contribution in [2.45, 2.75) is 20.3 Å². The van der Waals surface area contributed by atoms with Gasteiger partial charge in [-0.3, -0.25) is 0 Å². The quantitative estimate of drug-likeness (QED) is 0.668. The second kappa shape index (κ2) is 7.95. The van der Waals surface area contributed by atoms with Crippen LogP contribution in [0.2, 0.25) is 0 Å². The van der Waals surface area contributed by atoms with E-state index in [0.29, 0.717) is 5.92 Å². The highest BCUT2D eigenvalue weighted by atomic mass is 16.7. The lowest BCUT2D eigenvalue weighted by Gasteiger charge is -2.14. The third-order valence-electron chi connectivity index (χ3n) is 2.34. The molecule has 0 fully saturated rings. The maximum absolute atomic E-state index is 5.56. The van der Waals surface area contributed by atoms with E-state index in [1.807, 2.05) is 18.2 Å². The van der Waals surface area contributed by atoms with Gasteiger partial charge in [-0.25, -0.2) is 0 Å². The second-order valence-corrected chi connectivity index (χ2v) is 4.47. The lowest BCUT2D eigenvalue weighted by atomic mass is 10.0. The van der Waals surface area contributed by atoms with E-state index in [1.54, 1.807) is 14.2 Å². The van der Waals surface area contributed by atoms with Crippen LogP contribution < -0.4 is 9.47 Å². The Morgan fingerprint density at radius 1 is 1.00 bits per heavy atom. The zero-order valence-corrected chi connectivity index (χ0v) is 11.6. The van der Waals surface area contributed by atoms with Gasteiger partial charge in [-0.2, -0.15) is 0 Å². The molecule has 1 aromatic carbocycles. The molecule has 0 atom stereocenters. The van der Waals surface area contributed by atoms with Gasteiger partial charge in [0.15, 0.2) is 13.6 Å². The fourth-order valence-electron chi connectivity index (χ4n) is 1.62. The minimum Gasteiger partial charge on any atom is -0.467 e. The molecule has 1 rings (SSSR count). The zero-order chi connectivity index (χ0) is 13.4. The van der Waals surface area contributed by atoms with Crippen LogP contribution in [0.15, 0.2) is 18.2 Å². The Kier molecular flexibility index (Phi) is 6.54. The predicted molar refractivity (Wildman–Crippen MR) is 70.0 cm³/mol. The summed E-state index contributed by atoms with van der Waals surface area (Å²) in [6.45, 7) is 4.82. The first-order valence-electron chi connectivity index (χ1n) is 6.03. The van der Waals surface area contributed by atoms with Crippen LogP contribution in [0.25, 0.3) is 0 Å². The zero-order valence-electron chi connectivity index (χ0n) is 11.6. The Hall–Kier alpha value is -1.26. The van der Waals surface area contributed by atoms with Crippen molar-refractivity contribution in [3.63, 3.8) is 0 Å². The molecule has 0 aromatic heterocycles. The molecular formula is C14H22O4. The number of hydrogen-bond donors (Lipinski definition) is 0. The third-order valence-corrected chi connectivity index (χ3v) is 2.34. The molecule has 0 spiro atoms. The Morgan fingerprint density at radius 3 is 2.28 bits per heavy atom. The summed E-state index contributed by atoms with van der Waals surface area (Å²) in [5.41, 5.74) is 1.16. The topological polar surface area (TPSA) is 36.9 Å². The van der Waals surface area contributed by atoms with Crippen molar-refractivity contribution >= 4 is 0 Å². The van der Waals surface area contributed by atoms with Gasteiger partial charge in [0.05, 0.1) is 0 Å². The van der Waals surface area contributed by atoms with E-state index in [1.165, 1.54) is 0 Å². The van der Waals surface area contributed by atoms with Gasteiger partial charge in [-0.15, -0.1) is 0 Å². The lowest BCUT2D eigenvalue weighted by molar-refractivity contribution is 0.0455. The van der Waals surface area contributed by atoms with Crippen LogP contribution in [0, 0.1) is 5.92 Å². The van der Waals surface area contributed by atoms with Crippen molar-refractivity contribution in [3.05, 3.63) is 23.8 Å². The fourth-order valence-corrected chi connectivity index (χ4v) is 1.62. The highest BCUT2D eigenvalue weighted by molar-refractivity contribution is 5.41. The minimum absolute atomic E-state index is 0.229. The molecule has 0 aliphatic carbocycles. The van der Waals surface area contributed by atoms with Gasteiger partial charge < -0.3 is 18.9 Å². The van der Waals surface area contributed by atoms with E-state index < -0.39 is 0 Å². The Labute approximate surface area is 109 Å². The van der Waals surface area contributed by atoms with Gasteiger partial charge >= 0.3 is 0 Å². The third kappa shape index (κ3) is 4.94. The van der Waals surface area contributed by atoms with E-state index in [2.05, 4.69) is 13.8 Å². The molecule has 18 heavy (non-hydrogen) atoms. The second-order valence-electron chi connectivity index (χ2n) is 4.47. The molecule has 0 aliphatic rings. The molecule has 4 nitrogen and oxygen atoms in total. The van der Waals surface area contributed by atoms with Crippen molar-refractivity contribution in [3.8, 4) is 11.5 Å². The molecule has 0 amide bonds. The lowest BCUT2D eigenvalue weighted by Crippen LogP contribution is -2.05. The first-order valence-corrected chi connectivity index (χ1v) is 6.03. The number of ether oxygens (including phenoxy) is 4. The maximum atomic E-state index is 5.56. The Balaban J connectivity index is 2.81. The molecule has 4 heteroatoms. The minimum atomic E-state index is 0.229. The molecule has 0 N–H and O–H groups in total. The van der Waals surface area contributed by atoms with Gasteiger partial charge in [0.1, 0.15) is 11.5 Å². The van der Waals surface area contributed by atoms with Gasteiger partial charge in [0.2, 0.25) is 0 Å². The van der Waals surface area contributed by atoms with Crippen molar-refractivity contribution < 1.29 is 18.9 Å². The molecule has 0 bridgehead atoms. The summed E-state index contributed by atoms with van der Waals surface area (Å²) < 4.78 is 20.8. The number of benzene rings is 1. The summed E-state index contributed by atoms with van der Waals surface area (Å²) in [5, 5.41) is 0. The van der Waals surface area contributed by atoms with Crippen molar-refractivity contribution in [2.24, 2.45) is 5.92 Å². The summed E-state index contributed by atoms with van der Waals surface area (Å²) in [6.07, 6.45) is 0.962. The molecule has 0 heterocycles. The van der Waals surface area contributed by atoms with Crippen LogP contribution in [-0.2, 0) is 15.9 Å². The predicted octanol–water partition coefficient (Wildman–Crippen LogP) is 2.85. The van der Waals surface area contributed by atoms with Crippen LogP contribution in [0.3, 0.4) is 0 Å². The van der Waals surface area contributed by atoms with E-state index in [4.69, 9.17) is 18.9 Å². The van der Waals surface area contributed by atoms with Crippen LogP contribution >= 0.6 is 0 Å². The number of rotatable bonds is 8. The highest BCUT2D eigenvalue weighted by Gasteiger charge is 2.08. The smallest absolute Gasteiger partial charge is 0.188 e. The molecule has 0 aliphatic heterocycles. The summed E-state index contributed by atoms with van der Waals surface area (Å²) in [7, 11) is 3.20. The molecular weight excluding hydrogens is 232 g/mol. The Morgan fingerprint density at radius 2 is 1.67 bits per heavy atom.